The number of likely N-dealkylation sites (N-methyl/N-ethyl adjacent to an activating group) is 1. The summed E-state index contributed by atoms with van der Waals surface area (Å²) < 4.78 is 13.4. The van der Waals surface area contributed by atoms with Gasteiger partial charge in [0.15, 0.2) is 0 Å². The number of para-hydroxylation sites is 1. The number of halogens is 1. The lowest BCUT2D eigenvalue weighted by atomic mass is 9.97. The molecule has 1 unspecified atom stereocenters. The summed E-state index contributed by atoms with van der Waals surface area (Å²) in [5, 5.41) is 14.3. The SMILES string of the molecule is CCNC(Cc1ccccc1[N+](=O)[O-])c1cccc(F)c1. The molecule has 4 nitrogen and oxygen atoms in total. The van der Waals surface area contributed by atoms with Crippen molar-refractivity contribution in [3.63, 3.8) is 0 Å². The van der Waals surface area contributed by atoms with Crippen molar-refractivity contribution >= 4 is 5.69 Å². The van der Waals surface area contributed by atoms with Crippen LogP contribution < -0.4 is 5.32 Å². The minimum atomic E-state index is -0.385. The number of nitro benzene ring substituents is 1. The lowest BCUT2D eigenvalue weighted by Crippen LogP contribution is -2.23. The predicted octanol–water partition coefficient (Wildman–Crippen LogP) is 3.63. The van der Waals surface area contributed by atoms with Crippen molar-refractivity contribution in [1.29, 1.82) is 0 Å². The van der Waals surface area contributed by atoms with Gasteiger partial charge in [0.25, 0.3) is 5.69 Å². The Labute approximate surface area is 122 Å². The Morgan fingerprint density at radius 2 is 2.00 bits per heavy atom. The fourth-order valence-corrected chi connectivity index (χ4v) is 2.36. The van der Waals surface area contributed by atoms with Crippen LogP contribution >= 0.6 is 0 Å². The maximum Gasteiger partial charge on any atom is 0.272 e. The van der Waals surface area contributed by atoms with Gasteiger partial charge in [0.1, 0.15) is 5.82 Å². The van der Waals surface area contributed by atoms with Crippen LogP contribution in [0.5, 0.6) is 0 Å². The number of nitrogens with zero attached hydrogens (tertiary/aromatic N) is 1. The van der Waals surface area contributed by atoms with Crippen LogP contribution in [0.1, 0.15) is 24.1 Å². The molecule has 2 aromatic rings. The second-order valence-electron chi connectivity index (χ2n) is 4.76. The lowest BCUT2D eigenvalue weighted by Gasteiger charge is -2.18. The number of nitro groups is 1. The average Bonchev–Trinajstić information content (AvgIpc) is 2.47. The second kappa shape index (κ2) is 6.95. The molecule has 0 saturated heterocycles. The molecule has 0 fully saturated rings. The zero-order valence-electron chi connectivity index (χ0n) is 11.8. The number of rotatable bonds is 6. The number of hydrogen-bond acceptors (Lipinski definition) is 3. The Balaban J connectivity index is 2.31. The molecule has 2 aromatic carbocycles. The third kappa shape index (κ3) is 3.86. The van der Waals surface area contributed by atoms with Crippen LogP contribution in [-0.2, 0) is 6.42 Å². The zero-order chi connectivity index (χ0) is 15.2. The average molecular weight is 288 g/mol. The molecular weight excluding hydrogens is 271 g/mol. The van der Waals surface area contributed by atoms with E-state index in [1.807, 2.05) is 13.0 Å². The van der Waals surface area contributed by atoms with E-state index < -0.39 is 0 Å². The van der Waals surface area contributed by atoms with Gasteiger partial charge in [-0.3, -0.25) is 10.1 Å². The molecule has 5 heteroatoms. The number of hydrogen-bond donors (Lipinski definition) is 1. The van der Waals surface area contributed by atoms with Gasteiger partial charge in [-0.05, 0) is 30.7 Å². The van der Waals surface area contributed by atoms with Gasteiger partial charge in [0.05, 0.1) is 4.92 Å². The van der Waals surface area contributed by atoms with E-state index in [2.05, 4.69) is 5.32 Å². The summed E-state index contributed by atoms with van der Waals surface area (Å²) in [5.41, 5.74) is 1.52. The van der Waals surface area contributed by atoms with Gasteiger partial charge in [-0.1, -0.05) is 37.3 Å². The van der Waals surface area contributed by atoms with Crippen LogP contribution in [-0.4, -0.2) is 11.5 Å². The Morgan fingerprint density at radius 1 is 1.24 bits per heavy atom. The van der Waals surface area contributed by atoms with Crippen molar-refractivity contribution in [3.8, 4) is 0 Å². The summed E-state index contributed by atoms with van der Waals surface area (Å²) in [6.45, 7) is 2.65. The molecule has 0 radical (unpaired) electrons. The van der Waals surface area contributed by atoms with E-state index in [4.69, 9.17) is 0 Å². The quantitative estimate of drug-likeness (QED) is 0.652. The highest BCUT2D eigenvalue weighted by atomic mass is 19.1. The van der Waals surface area contributed by atoms with E-state index in [0.29, 0.717) is 18.5 Å². The normalized spacial score (nSPS) is 12.1. The molecule has 0 spiro atoms. The predicted molar refractivity (Wildman–Crippen MR) is 79.6 cm³/mol. The van der Waals surface area contributed by atoms with Crippen LogP contribution in [0.2, 0.25) is 0 Å². The number of benzene rings is 2. The maximum absolute atomic E-state index is 13.4. The van der Waals surface area contributed by atoms with Crippen molar-refractivity contribution in [2.75, 3.05) is 6.54 Å². The van der Waals surface area contributed by atoms with Gasteiger partial charge >= 0.3 is 0 Å². The van der Waals surface area contributed by atoms with Crippen LogP contribution in [0, 0.1) is 15.9 Å². The molecule has 1 atom stereocenters. The van der Waals surface area contributed by atoms with Gasteiger partial charge < -0.3 is 5.32 Å². The zero-order valence-corrected chi connectivity index (χ0v) is 11.8. The molecule has 0 saturated carbocycles. The highest BCUT2D eigenvalue weighted by Crippen LogP contribution is 2.25. The Hall–Kier alpha value is -2.27. The second-order valence-corrected chi connectivity index (χ2v) is 4.76. The van der Waals surface area contributed by atoms with E-state index in [1.54, 1.807) is 24.3 Å². The summed E-state index contributed by atoms with van der Waals surface area (Å²) in [5.74, 6) is -0.307. The molecule has 0 aliphatic rings. The monoisotopic (exact) mass is 288 g/mol. The highest BCUT2D eigenvalue weighted by molar-refractivity contribution is 5.41. The summed E-state index contributed by atoms with van der Waals surface area (Å²) in [4.78, 5) is 10.7. The molecule has 0 aliphatic carbocycles. The minimum absolute atomic E-state index is 0.0943. The van der Waals surface area contributed by atoms with Crippen LogP contribution in [0.15, 0.2) is 48.5 Å². The molecule has 110 valence electrons. The molecular formula is C16H17FN2O2. The molecule has 2 rings (SSSR count). The summed E-state index contributed by atoms with van der Waals surface area (Å²) in [6, 6.07) is 12.8. The molecule has 0 heterocycles. The number of nitrogens with one attached hydrogen (secondary N) is 1. The van der Waals surface area contributed by atoms with Gasteiger partial charge in [-0.15, -0.1) is 0 Å². The summed E-state index contributed by atoms with van der Waals surface area (Å²) in [7, 11) is 0. The molecule has 0 amide bonds. The van der Waals surface area contributed by atoms with Crippen molar-refractivity contribution in [2.24, 2.45) is 0 Å². The van der Waals surface area contributed by atoms with Crippen molar-refractivity contribution in [1.82, 2.24) is 5.32 Å². The van der Waals surface area contributed by atoms with Gasteiger partial charge in [0.2, 0.25) is 0 Å². The molecule has 1 N–H and O–H groups in total. The van der Waals surface area contributed by atoms with E-state index in [0.717, 1.165) is 5.56 Å². The standard InChI is InChI=1S/C16H17FN2O2/c1-2-18-15(12-7-5-8-14(17)10-12)11-13-6-3-4-9-16(13)19(20)21/h3-10,15,18H,2,11H2,1H3. The van der Waals surface area contributed by atoms with E-state index in [9.17, 15) is 14.5 Å². The van der Waals surface area contributed by atoms with Gasteiger partial charge in [-0.2, -0.15) is 0 Å². The largest absolute Gasteiger partial charge is 0.310 e. The summed E-state index contributed by atoms with van der Waals surface area (Å²) >= 11 is 0. The summed E-state index contributed by atoms with van der Waals surface area (Å²) in [6.07, 6.45) is 0.439. The first kappa shape index (κ1) is 15.1. The molecule has 21 heavy (non-hydrogen) atoms. The van der Waals surface area contributed by atoms with Crippen LogP contribution in [0.3, 0.4) is 0 Å². The van der Waals surface area contributed by atoms with E-state index >= 15 is 0 Å². The Kier molecular flexibility index (Phi) is 5.00. The first-order chi connectivity index (χ1) is 10.1. The van der Waals surface area contributed by atoms with Crippen molar-refractivity contribution in [2.45, 2.75) is 19.4 Å². The Morgan fingerprint density at radius 3 is 2.67 bits per heavy atom. The third-order valence-corrected chi connectivity index (χ3v) is 3.31. The minimum Gasteiger partial charge on any atom is -0.310 e. The van der Waals surface area contributed by atoms with E-state index in [-0.39, 0.29) is 22.5 Å². The molecule has 0 aromatic heterocycles. The van der Waals surface area contributed by atoms with E-state index in [1.165, 1.54) is 18.2 Å². The van der Waals surface area contributed by atoms with Crippen LogP contribution in [0.25, 0.3) is 0 Å². The highest BCUT2D eigenvalue weighted by Gasteiger charge is 2.18. The topological polar surface area (TPSA) is 55.2 Å². The fourth-order valence-electron chi connectivity index (χ4n) is 2.36. The maximum atomic E-state index is 13.4. The lowest BCUT2D eigenvalue weighted by molar-refractivity contribution is -0.385. The third-order valence-electron chi connectivity index (χ3n) is 3.31. The molecule has 0 aliphatic heterocycles. The van der Waals surface area contributed by atoms with Crippen LogP contribution in [0.4, 0.5) is 10.1 Å². The van der Waals surface area contributed by atoms with Gasteiger partial charge in [0, 0.05) is 17.7 Å². The molecule has 0 bridgehead atoms. The first-order valence-electron chi connectivity index (χ1n) is 6.83. The van der Waals surface area contributed by atoms with Crippen molar-refractivity contribution in [3.05, 3.63) is 75.6 Å². The smallest absolute Gasteiger partial charge is 0.272 e. The fraction of sp³-hybridized carbons (Fsp3) is 0.250. The Bertz CT molecular complexity index is 631. The first-order valence-corrected chi connectivity index (χ1v) is 6.83. The van der Waals surface area contributed by atoms with Gasteiger partial charge in [-0.25, -0.2) is 4.39 Å². The van der Waals surface area contributed by atoms with Crippen molar-refractivity contribution < 1.29 is 9.31 Å².